The number of nitrogens with zero attached hydrogens (tertiary/aromatic N) is 1. The summed E-state index contributed by atoms with van der Waals surface area (Å²) >= 11 is 0. The molecule has 0 spiro atoms. The van der Waals surface area contributed by atoms with Gasteiger partial charge in [-0.15, -0.1) is 0 Å². The first-order chi connectivity index (χ1) is 9.74. The number of hydrogen-bond donors (Lipinski definition) is 0. The van der Waals surface area contributed by atoms with Crippen molar-refractivity contribution in [2.45, 2.75) is 0 Å². The first kappa shape index (κ1) is 12.4. The van der Waals surface area contributed by atoms with E-state index in [1.165, 1.54) is 7.11 Å². The van der Waals surface area contributed by atoms with Gasteiger partial charge >= 0.3 is 5.97 Å². The van der Waals surface area contributed by atoms with Gasteiger partial charge in [0.1, 0.15) is 5.75 Å². The van der Waals surface area contributed by atoms with E-state index in [0.29, 0.717) is 5.75 Å². The van der Waals surface area contributed by atoms with Gasteiger partial charge in [-0.2, -0.15) is 0 Å². The smallest absolute Gasteiger partial charge is 0.356 e. The molecule has 4 heteroatoms. The number of benzene rings is 2. The summed E-state index contributed by atoms with van der Waals surface area (Å²) in [4.78, 5) is 16.1. The van der Waals surface area contributed by atoms with Crippen LogP contribution in [0.5, 0.6) is 5.75 Å². The Morgan fingerprint density at radius 2 is 1.85 bits per heavy atom. The van der Waals surface area contributed by atoms with Gasteiger partial charge in [-0.1, -0.05) is 30.3 Å². The minimum Gasteiger partial charge on any atom is -0.496 e. The summed E-state index contributed by atoms with van der Waals surface area (Å²) in [5, 5.41) is 2.92. The Balaban J connectivity index is 2.43. The van der Waals surface area contributed by atoms with E-state index in [9.17, 15) is 4.79 Å². The number of methoxy groups -OCH3 is 2. The maximum Gasteiger partial charge on any atom is 0.356 e. The maximum absolute atomic E-state index is 11.7. The molecule has 1 aromatic heterocycles. The number of pyridine rings is 1. The summed E-state index contributed by atoms with van der Waals surface area (Å²) in [6, 6.07) is 13.5. The second kappa shape index (κ2) is 4.81. The van der Waals surface area contributed by atoms with Crippen LogP contribution in [0.3, 0.4) is 0 Å². The highest BCUT2D eigenvalue weighted by molar-refractivity contribution is 6.08. The van der Waals surface area contributed by atoms with Gasteiger partial charge < -0.3 is 9.47 Å². The van der Waals surface area contributed by atoms with Crippen molar-refractivity contribution in [1.82, 2.24) is 4.98 Å². The van der Waals surface area contributed by atoms with E-state index >= 15 is 0 Å². The molecule has 0 aliphatic rings. The number of fused-ring (bicyclic) bond motifs is 3. The number of ether oxygens (including phenoxy) is 2. The summed E-state index contributed by atoms with van der Waals surface area (Å²) in [7, 11) is 2.91. The fourth-order valence-electron chi connectivity index (χ4n) is 2.31. The molecule has 0 amide bonds. The fourth-order valence-corrected chi connectivity index (χ4v) is 2.31. The molecular formula is C16H13NO3. The van der Waals surface area contributed by atoms with Crippen LogP contribution in [0.25, 0.3) is 21.7 Å². The molecule has 0 bridgehead atoms. The Morgan fingerprint density at radius 3 is 2.60 bits per heavy atom. The second-order valence-electron chi connectivity index (χ2n) is 4.38. The Morgan fingerprint density at radius 1 is 1.05 bits per heavy atom. The highest BCUT2D eigenvalue weighted by Gasteiger charge is 2.14. The monoisotopic (exact) mass is 267 g/mol. The van der Waals surface area contributed by atoms with Crippen molar-refractivity contribution < 1.29 is 14.3 Å². The number of esters is 1. The molecule has 0 fully saturated rings. The maximum atomic E-state index is 11.7. The molecular weight excluding hydrogens is 254 g/mol. The standard InChI is InChI=1S/C16H13NO3/c1-19-14-9-13(16(18)20-2)17-15-11-6-4-3-5-10(11)7-8-12(14)15/h3-9H,1-2H3. The summed E-state index contributed by atoms with van der Waals surface area (Å²) in [6.45, 7) is 0. The lowest BCUT2D eigenvalue weighted by Gasteiger charge is -2.09. The summed E-state index contributed by atoms with van der Waals surface area (Å²) < 4.78 is 10.1. The van der Waals surface area contributed by atoms with Gasteiger partial charge in [0, 0.05) is 16.8 Å². The minimum absolute atomic E-state index is 0.244. The third-order valence-electron chi connectivity index (χ3n) is 3.28. The third kappa shape index (κ3) is 1.86. The quantitative estimate of drug-likeness (QED) is 0.528. The summed E-state index contributed by atoms with van der Waals surface area (Å²) in [6.07, 6.45) is 0. The molecule has 4 nitrogen and oxygen atoms in total. The average Bonchev–Trinajstić information content (AvgIpc) is 2.52. The van der Waals surface area contributed by atoms with Crippen molar-refractivity contribution in [3.63, 3.8) is 0 Å². The van der Waals surface area contributed by atoms with E-state index < -0.39 is 5.97 Å². The van der Waals surface area contributed by atoms with Crippen molar-refractivity contribution in [1.29, 1.82) is 0 Å². The Labute approximate surface area is 115 Å². The number of rotatable bonds is 2. The van der Waals surface area contributed by atoms with E-state index in [1.54, 1.807) is 13.2 Å². The van der Waals surface area contributed by atoms with Crippen LogP contribution >= 0.6 is 0 Å². The number of carbonyl (C=O) groups excluding carboxylic acids is 1. The van der Waals surface area contributed by atoms with Crippen LogP contribution < -0.4 is 4.74 Å². The lowest BCUT2D eigenvalue weighted by molar-refractivity contribution is 0.0594. The zero-order chi connectivity index (χ0) is 14.1. The van der Waals surface area contributed by atoms with Crippen LogP contribution in [0, 0.1) is 0 Å². The van der Waals surface area contributed by atoms with Gasteiger partial charge in [0.25, 0.3) is 0 Å². The molecule has 2 aromatic carbocycles. The van der Waals surface area contributed by atoms with Crippen LogP contribution in [0.2, 0.25) is 0 Å². The molecule has 0 atom stereocenters. The van der Waals surface area contributed by atoms with Crippen molar-refractivity contribution in [2.24, 2.45) is 0 Å². The molecule has 20 heavy (non-hydrogen) atoms. The van der Waals surface area contributed by atoms with E-state index in [4.69, 9.17) is 9.47 Å². The first-order valence-corrected chi connectivity index (χ1v) is 6.19. The number of hydrogen-bond acceptors (Lipinski definition) is 4. The highest BCUT2D eigenvalue weighted by Crippen LogP contribution is 2.31. The van der Waals surface area contributed by atoms with Crippen molar-refractivity contribution in [2.75, 3.05) is 14.2 Å². The van der Waals surface area contributed by atoms with Crippen molar-refractivity contribution in [3.8, 4) is 5.75 Å². The first-order valence-electron chi connectivity index (χ1n) is 6.19. The van der Waals surface area contributed by atoms with Crippen LogP contribution in [0.1, 0.15) is 10.5 Å². The Hall–Kier alpha value is -2.62. The molecule has 0 N–H and O–H groups in total. The Kier molecular flexibility index (Phi) is 2.99. The van der Waals surface area contributed by atoms with Gasteiger partial charge in [0.15, 0.2) is 5.69 Å². The second-order valence-corrected chi connectivity index (χ2v) is 4.38. The SMILES string of the molecule is COC(=O)c1cc(OC)c2ccc3ccccc3c2n1. The van der Waals surface area contributed by atoms with Gasteiger partial charge in [0.05, 0.1) is 19.7 Å². The van der Waals surface area contributed by atoms with Crippen molar-refractivity contribution >= 4 is 27.6 Å². The third-order valence-corrected chi connectivity index (χ3v) is 3.28. The molecule has 0 aliphatic carbocycles. The number of carbonyl (C=O) groups is 1. The van der Waals surface area contributed by atoms with Crippen LogP contribution in [0.4, 0.5) is 0 Å². The lowest BCUT2D eigenvalue weighted by Crippen LogP contribution is -2.05. The molecule has 100 valence electrons. The van der Waals surface area contributed by atoms with Gasteiger partial charge in [-0.25, -0.2) is 9.78 Å². The summed E-state index contributed by atoms with van der Waals surface area (Å²) in [5.41, 5.74) is 0.982. The zero-order valence-electron chi connectivity index (χ0n) is 11.2. The zero-order valence-corrected chi connectivity index (χ0v) is 11.2. The number of aromatic nitrogens is 1. The predicted molar refractivity (Wildman–Crippen MR) is 77.1 cm³/mol. The van der Waals surface area contributed by atoms with Crippen LogP contribution in [0.15, 0.2) is 42.5 Å². The molecule has 0 radical (unpaired) electrons. The van der Waals surface area contributed by atoms with E-state index in [-0.39, 0.29) is 5.69 Å². The molecule has 0 saturated heterocycles. The normalized spacial score (nSPS) is 10.7. The molecule has 0 aliphatic heterocycles. The van der Waals surface area contributed by atoms with Gasteiger partial charge in [-0.3, -0.25) is 0 Å². The highest BCUT2D eigenvalue weighted by atomic mass is 16.5. The Bertz CT molecular complexity index is 811. The largest absolute Gasteiger partial charge is 0.496 e. The van der Waals surface area contributed by atoms with E-state index in [1.807, 2.05) is 36.4 Å². The van der Waals surface area contributed by atoms with Crippen molar-refractivity contribution in [3.05, 3.63) is 48.2 Å². The topological polar surface area (TPSA) is 48.4 Å². The van der Waals surface area contributed by atoms with E-state index in [2.05, 4.69) is 4.98 Å². The van der Waals surface area contributed by atoms with Crippen LogP contribution in [-0.4, -0.2) is 25.2 Å². The summed E-state index contributed by atoms with van der Waals surface area (Å²) in [5.74, 6) is 0.138. The molecule has 3 rings (SSSR count). The van der Waals surface area contributed by atoms with Gasteiger partial charge in [-0.05, 0) is 11.5 Å². The molecule has 0 saturated carbocycles. The molecule has 0 unspecified atom stereocenters. The fraction of sp³-hybridized carbons (Fsp3) is 0.125. The average molecular weight is 267 g/mol. The van der Waals surface area contributed by atoms with Gasteiger partial charge in [0.2, 0.25) is 0 Å². The predicted octanol–water partition coefficient (Wildman–Crippen LogP) is 3.18. The minimum atomic E-state index is -0.474. The van der Waals surface area contributed by atoms with E-state index in [0.717, 1.165) is 21.7 Å². The molecule has 1 heterocycles. The van der Waals surface area contributed by atoms with Crippen LogP contribution in [-0.2, 0) is 4.74 Å². The molecule has 3 aromatic rings. The lowest BCUT2D eigenvalue weighted by atomic mass is 10.1.